The van der Waals surface area contributed by atoms with Gasteiger partial charge in [0.15, 0.2) is 0 Å². The Bertz CT molecular complexity index is 846. The molecule has 0 aliphatic rings. The third-order valence-corrected chi connectivity index (χ3v) is 7.62. The number of allylic oxidation sites excluding steroid dienone is 1. The van der Waals surface area contributed by atoms with Crippen LogP contribution in [0, 0.1) is 0 Å². The molecule has 0 saturated heterocycles. The summed E-state index contributed by atoms with van der Waals surface area (Å²) in [4.78, 5) is 0. The summed E-state index contributed by atoms with van der Waals surface area (Å²) in [5.74, 6) is 0. The summed E-state index contributed by atoms with van der Waals surface area (Å²) in [5, 5.41) is 0. The molecule has 0 radical (unpaired) electrons. The van der Waals surface area contributed by atoms with Crippen molar-refractivity contribution in [3.8, 4) is 0 Å². The van der Waals surface area contributed by atoms with E-state index in [2.05, 4.69) is 97.6 Å². The second kappa shape index (κ2) is 17.8. The lowest BCUT2D eigenvalue weighted by atomic mass is 10.0. The fourth-order valence-electron chi connectivity index (χ4n) is 5.64. The highest BCUT2D eigenvalue weighted by molar-refractivity contribution is 5.17. The van der Waals surface area contributed by atoms with Crippen molar-refractivity contribution in [3.05, 3.63) is 120 Å². The first-order chi connectivity index (χ1) is 18.3. The third kappa shape index (κ3) is 12.0. The normalized spacial score (nSPS) is 11.5. The Morgan fingerprint density at radius 1 is 0.432 bits per heavy atom. The van der Waals surface area contributed by atoms with E-state index in [0.29, 0.717) is 0 Å². The van der Waals surface area contributed by atoms with Gasteiger partial charge in [-0.05, 0) is 25.7 Å². The van der Waals surface area contributed by atoms with Crippen molar-refractivity contribution in [2.45, 2.75) is 96.7 Å². The number of quaternary nitrogens is 1. The highest BCUT2D eigenvalue weighted by atomic mass is 15.3. The Labute approximate surface area is 227 Å². The van der Waals surface area contributed by atoms with Gasteiger partial charge in [0.25, 0.3) is 0 Å². The molecule has 3 aromatic rings. The summed E-state index contributed by atoms with van der Waals surface area (Å²) in [6.45, 7) is 8.29. The van der Waals surface area contributed by atoms with Gasteiger partial charge in [-0.1, -0.05) is 148 Å². The molecule has 198 valence electrons. The molecule has 0 amide bonds. The van der Waals surface area contributed by atoms with E-state index in [-0.39, 0.29) is 0 Å². The molecule has 0 saturated carbocycles. The fourth-order valence-corrected chi connectivity index (χ4v) is 5.64. The second-order valence-electron chi connectivity index (χ2n) is 11.0. The molecule has 0 aliphatic carbocycles. The SMILES string of the molecule is C=CCCCCCCCCCCCCC[N+](Cc1ccccc1)(Cc1ccccc1)Cc1ccccc1. The summed E-state index contributed by atoms with van der Waals surface area (Å²) in [7, 11) is 0. The van der Waals surface area contributed by atoms with Crippen molar-refractivity contribution in [1.29, 1.82) is 0 Å². The quantitative estimate of drug-likeness (QED) is 0.0829. The molecule has 0 N–H and O–H groups in total. The maximum atomic E-state index is 3.82. The van der Waals surface area contributed by atoms with Crippen LogP contribution >= 0.6 is 0 Å². The number of benzene rings is 3. The molecule has 1 heteroatoms. The lowest BCUT2D eigenvalue weighted by Crippen LogP contribution is -2.46. The largest absolute Gasteiger partial charge is 0.312 e. The zero-order chi connectivity index (χ0) is 25.9. The molecule has 0 bridgehead atoms. The molecule has 3 rings (SSSR count). The Balaban J connectivity index is 1.53. The number of nitrogens with zero attached hydrogens (tertiary/aromatic N) is 1. The van der Waals surface area contributed by atoms with Gasteiger partial charge in [0, 0.05) is 16.7 Å². The van der Waals surface area contributed by atoms with E-state index in [1.165, 1.54) is 100 Å². The van der Waals surface area contributed by atoms with Crippen LogP contribution in [0.2, 0.25) is 0 Å². The van der Waals surface area contributed by atoms with Gasteiger partial charge in [0.2, 0.25) is 0 Å². The molecular formula is C36H50N+. The van der Waals surface area contributed by atoms with Gasteiger partial charge in [-0.15, -0.1) is 6.58 Å². The van der Waals surface area contributed by atoms with Crippen molar-refractivity contribution in [2.24, 2.45) is 0 Å². The lowest BCUT2D eigenvalue weighted by molar-refractivity contribution is -0.966. The van der Waals surface area contributed by atoms with Crippen LogP contribution in [0.25, 0.3) is 0 Å². The van der Waals surface area contributed by atoms with Crippen LogP contribution in [0.1, 0.15) is 93.7 Å². The first-order valence-electron chi connectivity index (χ1n) is 14.9. The maximum Gasteiger partial charge on any atom is 0.105 e. The van der Waals surface area contributed by atoms with Crippen LogP contribution in [-0.4, -0.2) is 11.0 Å². The standard InChI is InChI=1S/C36H50N/c1-2-3-4-5-6-7-8-9-10-11-12-13-23-30-37(31-34-24-17-14-18-25-34,32-35-26-19-15-20-27-35)33-36-28-21-16-22-29-36/h2,14-22,24-29H,1,3-13,23,30-33H2/q+1. The monoisotopic (exact) mass is 496 g/mol. The van der Waals surface area contributed by atoms with Gasteiger partial charge in [-0.25, -0.2) is 0 Å². The van der Waals surface area contributed by atoms with E-state index in [1.807, 2.05) is 6.08 Å². The summed E-state index contributed by atoms with van der Waals surface area (Å²) >= 11 is 0. The van der Waals surface area contributed by atoms with Gasteiger partial charge < -0.3 is 4.48 Å². The minimum absolute atomic E-state index is 1.08. The van der Waals surface area contributed by atoms with Crippen molar-refractivity contribution in [2.75, 3.05) is 6.54 Å². The molecule has 0 atom stereocenters. The minimum Gasteiger partial charge on any atom is -0.312 e. The summed E-state index contributed by atoms with van der Waals surface area (Å²) in [6, 6.07) is 33.4. The van der Waals surface area contributed by atoms with Crippen molar-refractivity contribution < 1.29 is 4.48 Å². The number of rotatable bonds is 20. The molecule has 0 unspecified atom stereocenters. The minimum atomic E-state index is 1.08. The zero-order valence-electron chi connectivity index (χ0n) is 23.2. The Morgan fingerprint density at radius 3 is 1.11 bits per heavy atom. The molecule has 0 aromatic heterocycles. The van der Waals surface area contributed by atoms with Gasteiger partial charge in [-0.2, -0.15) is 0 Å². The van der Waals surface area contributed by atoms with E-state index in [4.69, 9.17) is 0 Å². The van der Waals surface area contributed by atoms with Gasteiger partial charge in [0.1, 0.15) is 19.6 Å². The first-order valence-corrected chi connectivity index (χ1v) is 14.9. The maximum absolute atomic E-state index is 3.82. The van der Waals surface area contributed by atoms with Crippen LogP contribution < -0.4 is 0 Å². The molecule has 0 fully saturated rings. The Hall–Kier alpha value is -2.64. The molecule has 37 heavy (non-hydrogen) atoms. The number of hydrogen-bond donors (Lipinski definition) is 0. The van der Waals surface area contributed by atoms with Crippen molar-refractivity contribution in [3.63, 3.8) is 0 Å². The van der Waals surface area contributed by atoms with E-state index >= 15 is 0 Å². The van der Waals surface area contributed by atoms with Gasteiger partial charge in [-0.3, -0.25) is 0 Å². The van der Waals surface area contributed by atoms with E-state index in [9.17, 15) is 0 Å². The van der Waals surface area contributed by atoms with Crippen molar-refractivity contribution in [1.82, 2.24) is 0 Å². The predicted molar refractivity (Wildman–Crippen MR) is 161 cm³/mol. The van der Waals surface area contributed by atoms with Crippen LogP contribution in [0.15, 0.2) is 104 Å². The van der Waals surface area contributed by atoms with Crippen LogP contribution in [0.3, 0.4) is 0 Å². The molecule has 3 aromatic carbocycles. The third-order valence-electron chi connectivity index (χ3n) is 7.62. The lowest BCUT2D eigenvalue weighted by Gasteiger charge is -2.39. The van der Waals surface area contributed by atoms with Gasteiger partial charge >= 0.3 is 0 Å². The highest BCUT2D eigenvalue weighted by Crippen LogP contribution is 2.26. The summed E-state index contributed by atoms with van der Waals surface area (Å²) in [5.41, 5.74) is 4.33. The predicted octanol–water partition coefficient (Wildman–Crippen LogP) is 10.3. The zero-order valence-corrected chi connectivity index (χ0v) is 23.2. The van der Waals surface area contributed by atoms with Crippen LogP contribution in [0.5, 0.6) is 0 Å². The average Bonchev–Trinajstić information content (AvgIpc) is 2.93. The second-order valence-corrected chi connectivity index (χ2v) is 11.0. The summed E-state index contributed by atoms with van der Waals surface area (Å²) in [6.07, 6.45) is 18.4. The Kier molecular flexibility index (Phi) is 13.9. The van der Waals surface area contributed by atoms with Crippen LogP contribution in [-0.2, 0) is 19.6 Å². The van der Waals surface area contributed by atoms with Crippen molar-refractivity contribution >= 4 is 0 Å². The smallest absolute Gasteiger partial charge is 0.105 e. The molecule has 0 spiro atoms. The topological polar surface area (TPSA) is 0 Å². The molecule has 0 heterocycles. The Morgan fingerprint density at radius 2 is 0.757 bits per heavy atom. The van der Waals surface area contributed by atoms with E-state index in [0.717, 1.165) is 24.1 Å². The average molecular weight is 497 g/mol. The molecule has 1 nitrogen and oxygen atoms in total. The fraction of sp³-hybridized carbons (Fsp3) is 0.444. The van der Waals surface area contributed by atoms with Crippen LogP contribution in [0.4, 0.5) is 0 Å². The van der Waals surface area contributed by atoms with E-state index in [1.54, 1.807) is 0 Å². The highest BCUT2D eigenvalue weighted by Gasteiger charge is 2.28. The number of hydrogen-bond acceptors (Lipinski definition) is 0. The molecule has 0 aliphatic heterocycles. The number of unbranched alkanes of at least 4 members (excludes halogenated alkanes) is 11. The first kappa shape index (κ1) is 28.9. The van der Waals surface area contributed by atoms with Gasteiger partial charge in [0.05, 0.1) is 6.54 Å². The van der Waals surface area contributed by atoms with E-state index < -0.39 is 0 Å². The molecular weight excluding hydrogens is 446 g/mol. The summed E-state index contributed by atoms with van der Waals surface area (Å²) < 4.78 is 1.09.